The summed E-state index contributed by atoms with van der Waals surface area (Å²) in [6.07, 6.45) is -2.13. The summed E-state index contributed by atoms with van der Waals surface area (Å²) < 4.78 is 52.9. The van der Waals surface area contributed by atoms with Gasteiger partial charge in [0.15, 0.2) is 0 Å². The van der Waals surface area contributed by atoms with Crippen molar-refractivity contribution in [1.82, 2.24) is 0 Å². The summed E-state index contributed by atoms with van der Waals surface area (Å²) in [4.78, 5) is 0. The second-order valence-electron chi connectivity index (χ2n) is 4.33. The van der Waals surface area contributed by atoms with E-state index in [0.717, 1.165) is 5.56 Å². The average Bonchev–Trinajstić information content (AvgIpc) is 2.27. The Balaban J connectivity index is 2.54. The van der Waals surface area contributed by atoms with Gasteiger partial charge in [-0.2, -0.15) is 8.78 Å². The molecule has 2 nitrogen and oxygen atoms in total. The fourth-order valence-electron chi connectivity index (χ4n) is 1.36. The fourth-order valence-corrected chi connectivity index (χ4v) is 1.36. The zero-order valence-corrected chi connectivity index (χ0v) is 9.88. The van der Waals surface area contributed by atoms with Crippen LogP contribution in [0, 0.1) is 0 Å². The normalized spacial score (nSPS) is 14.9. The molecule has 1 atom stereocenters. The van der Waals surface area contributed by atoms with Gasteiger partial charge in [0.2, 0.25) is 0 Å². The Hall–Kier alpha value is -1.30. The highest BCUT2D eigenvalue weighted by Crippen LogP contribution is 2.21. The van der Waals surface area contributed by atoms with Gasteiger partial charge >= 0.3 is 6.61 Å². The lowest BCUT2D eigenvalue weighted by Gasteiger charge is -2.23. The Bertz CT molecular complexity index is 365. The van der Waals surface area contributed by atoms with Crippen molar-refractivity contribution in [2.24, 2.45) is 5.73 Å². The van der Waals surface area contributed by atoms with Crippen molar-refractivity contribution >= 4 is 0 Å². The first-order valence-electron chi connectivity index (χ1n) is 5.42. The summed E-state index contributed by atoms with van der Waals surface area (Å²) in [5.74, 6) is 0.0399. The molecule has 0 radical (unpaired) electrons. The second-order valence-corrected chi connectivity index (χ2v) is 4.33. The third kappa shape index (κ3) is 4.52. The number of alkyl halides is 4. The molecule has 0 amide bonds. The van der Waals surface area contributed by atoms with E-state index in [4.69, 9.17) is 5.73 Å². The smallest absolute Gasteiger partial charge is 0.387 e. The molecule has 0 spiro atoms. The molecule has 18 heavy (non-hydrogen) atoms. The van der Waals surface area contributed by atoms with Crippen molar-refractivity contribution in [3.8, 4) is 5.75 Å². The third-order valence-corrected chi connectivity index (χ3v) is 2.60. The quantitative estimate of drug-likeness (QED) is 0.802. The van der Waals surface area contributed by atoms with Gasteiger partial charge in [-0.1, -0.05) is 12.1 Å². The van der Waals surface area contributed by atoms with Crippen LogP contribution >= 0.6 is 0 Å². The van der Waals surface area contributed by atoms with E-state index >= 15 is 0 Å². The molecular weight excluding hydrogens is 250 g/mol. The Morgan fingerprint density at radius 1 is 1.17 bits per heavy atom. The molecule has 1 aromatic rings. The Kier molecular flexibility index (Phi) is 4.95. The van der Waals surface area contributed by atoms with Crippen LogP contribution in [0.15, 0.2) is 24.3 Å². The zero-order valence-electron chi connectivity index (χ0n) is 9.88. The van der Waals surface area contributed by atoms with Crippen LogP contribution in [-0.4, -0.2) is 18.6 Å². The maximum absolute atomic E-state index is 12.5. The van der Waals surface area contributed by atoms with Crippen molar-refractivity contribution in [3.63, 3.8) is 0 Å². The summed E-state index contributed by atoms with van der Waals surface area (Å²) in [6.45, 7) is -1.59. The zero-order chi connectivity index (χ0) is 13.8. The molecule has 2 N–H and O–H groups in total. The van der Waals surface area contributed by atoms with Crippen LogP contribution in [0.1, 0.15) is 18.9 Å². The molecule has 0 aromatic heterocycles. The highest BCUT2D eigenvalue weighted by atomic mass is 19.3. The van der Waals surface area contributed by atoms with Crippen LogP contribution in [0.4, 0.5) is 17.6 Å². The lowest BCUT2D eigenvalue weighted by Crippen LogP contribution is -2.44. The number of ether oxygens (including phenoxy) is 1. The van der Waals surface area contributed by atoms with Gasteiger partial charge in [-0.15, -0.1) is 0 Å². The van der Waals surface area contributed by atoms with Crippen molar-refractivity contribution in [2.45, 2.75) is 38.3 Å². The first kappa shape index (κ1) is 14.8. The van der Waals surface area contributed by atoms with Gasteiger partial charge in [0, 0.05) is 0 Å². The molecule has 1 rings (SSSR count). The summed E-state index contributed by atoms with van der Waals surface area (Å²) in [5.41, 5.74) is 4.63. The SMILES string of the molecule is CC(N)(CCc1ccc(OC(F)F)cc1)C(F)F. The lowest BCUT2D eigenvalue weighted by molar-refractivity contribution is -0.0498. The van der Waals surface area contributed by atoms with Crippen molar-refractivity contribution in [1.29, 1.82) is 0 Å². The first-order chi connectivity index (χ1) is 8.31. The van der Waals surface area contributed by atoms with Crippen LogP contribution < -0.4 is 10.5 Å². The number of benzene rings is 1. The van der Waals surface area contributed by atoms with Gasteiger partial charge < -0.3 is 10.5 Å². The molecule has 0 aliphatic heterocycles. The molecule has 1 aromatic carbocycles. The summed E-state index contributed by atoms with van der Waals surface area (Å²) in [6, 6.07) is 5.86. The van der Waals surface area contributed by atoms with Gasteiger partial charge in [0.1, 0.15) is 5.75 Å². The predicted octanol–water partition coefficient (Wildman–Crippen LogP) is 3.20. The minimum atomic E-state index is -2.87. The van der Waals surface area contributed by atoms with E-state index in [-0.39, 0.29) is 12.2 Å². The molecule has 0 bridgehead atoms. The maximum Gasteiger partial charge on any atom is 0.387 e. The van der Waals surface area contributed by atoms with Crippen molar-refractivity contribution in [2.75, 3.05) is 0 Å². The molecule has 0 fully saturated rings. The minimum Gasteiger partial charge on any atom is -0.435 e. The fraction of sp³-hybridized carbons (Fsp3) is 0.500. The van der Waals surface area contributed by atoms with Crippen LogP contribution in [0.25, 0.3) is 0 Å². The number of hydrogen-bond acceptors (Lipinski definition) is 2. The van der Waals surface area contributed by atoms with E-state index in [2.05, 4.69) is 4.74 Å². The third-order valence-electron chi connectivity index (χ3n) is 2.60. The molecular formula is C12H15F4NO. The molecule has 0 saturated heterocycles. The highest BCUT2D eigenvalue weighted by Gasteiger charge is 2.29. The number of rotatable bonds is 6. The van der Waals surface area contributed by atoms with Gasteiger partial charge in [-0.3, -0.25) is 0 Å². The van der Waals surface area contributed by atoms with Gasteiger partial charge in [-0.05, 0) is 37.5 Å². The van der Waals surface area contributed by atoms with E-state index in [1.807, 2.05) is 0 Å². The average molecular weight is 265 g/mol. The van der Waals surface area contributed by atoms with Crippen LogP contribution in [0.3, 0.4) is 0 Å². The summed E-state index contributed by atoms with van der Waals surface area (Å²) in [5, 5.41) is 0. The number of hydrogen-bond donors (Lipinski definition) is 1. The van der Waals surface area contributed by atoms with Gasteiger partial charge in [0.05, 0.1) is 5.54 Å². The standard InChI is InChI=1S/C12H15F4NO/c1-12(17,10(13)14)7-6-8-2-4-9(5-3-8)18-11(15)16/h2-5,10-11H,6-7,17H2,1H3. The van der Waals surface area contributed by atoms with E-state index < -0.39 is 18.6 Å². The number of nitrogens with two attached hydrogens (primary N) is 1. The molecule has 0 aliphatic carbocycles. The predicted molar refractivity (Wildman–Crippen MR) is 60.0 cm³/mol. The van der Waals surface area contributed by atoms with Crippen LogP contribution in [0.5, 0.6) is 5.75 Å². The van der Waals surface area contributed by atoms with E-state index in [0.29, 0.717) is 6.42 Å². The van der Waals surface area contributed by atoms with E-state index in [9.17, 15) is 17.6 Å². The largest absolute Gasteiger partial charge is 0.435 e. The van der Waals surface area contributed by atoms with E-state index in [1.54, 1.807) is 12.1 Å². The lowest BCUT2D eigenvalue weighted by atomic mass is 9.95. The topological polar surface area (TPSA) is 35.2 Å². The molecule has 1 unspecified atom stereocenters. The van der Waals surface area contributed by atoms with Gasteiger partial charge in [0.25, 0.3) is 6.43 Å². The number of aryl methyl sites for hydroxylation is 1. The Morgan fingerprint density at radius 3 is 2.17 bits per heavy atom. The first-order valence-corrected chi connectivity index (χ1v) is 5.42. The molecule has 102 valence electrons. The Morgan fingerprint density at radius 2 is 1.72 bits per heavy atom. The Labute approximate surface area is 103 Å². The number of halogens is 4. The summed E-state index contributed by atoms with van der Waals surface area (Å²) in [7, 11) is 0. The van der Waals surface area contributed by atoms with E-state index in [1.165, 1.54) is 19.1 Å². The monoisotopic (exact) mass is 265 g/mol. The molecule has 6 heteroatoms. The van der Waals surface area contributed by atoms with Crippen molar-refractivity contribution in [3.05, 3.63) is 29.8 Å². The van der Waals surface area contributed by atoms with Crippen molar-refractivity contribution < 1.29 is 22.3 Å². The minimum absolute atomic E-state index is 0.0399. The molecule has 0 heterocycles. The molecule has 0 aliphatic rings. The molecule has 0 saturated carbocycles. The highest BCUT2D eigenvalue weighted by molar-refractivity contribution is 5.27. The summed E-state index contributed by atoms with van der Waals surface area (Å²) >= 11 is 0. The van der Waals surface area contributed by atoms with Gasteiger partial charge in [-0.25, -0.2) is 8.78 Å². The van der Waals surface area contributed by atoms with Crippen LogP contribution in [-0.2, 0) is 6.42 Å². The second kappa shape index (κ2) is 6.04. The van der Waals surface area contributed by atoms with Crippen LogP contribution in [0.2, 0.25) is 0 Å². The maximum atomic E-state index is 12.5.